The Labute approximate surface area is 112 Å². The number of hydrogen-bond donors (Lipinski definition) is 2. The molecule has 1 unspecified atom stereocenters. The zero-order valence-electron chi connectivity index (χ0n) is 10.3. The molecule has 96 valence electrons. The van der Waals surface area contributed by atoms with E-state index in [1.54, 1.807) is 0 Å². The van der Waals surface area contributed by atoms with Gasteiger partial charge in [-0.3, -0.25) is 11.3 Å². The SMILES string of the molecule is CCOCCCC(Cc1cccc(Br)c1)NN. The number of benzene rings is 1. The van der Waals surface area contributed by atoms with E-state index in [1.807, 2.05) is 19.1 Å². The van der Waals surface area contributed by atoms with Crippen molar-refractivity contribution in [3.63, 3.8) is 0 Å². The van der Waals surface area contributed by atoms with Gasteiger partial charge < -0.3 is 4.74 Å². The lowest BCUT2D eigenvalue weighted by Crippen LogP contribution is -2.36. The normalized spacial score (nSPS) is 12.6. The van der Waals surface area contributed by atoms with Crippen LogP contribution < -0.4 is 11.3 Å². The van der Waals surface area contributed by atoms with Crippen molar-refractivity contribution in [3.05, 3.63) is 34.3 Å². The Bertz CT molecular complexity index is 320. The maximum absolute atomic E-state index is 5.57. The number of hydrazine groups is 1. The topological polar surface area (TPSA) is 47.3 Å². The Morgan fingerprint density at radius 3 is 2.94 bits per heavy atom. The number of hydrogen-bond acceptors (Lipinski definition) is 3. The van der Waals surface area contributed by atoms with Gasteiger partial charge in [0.05, 0.1) is 0 Å². The van der Waals surface area contributed by atoms with Gasteiger partial charge in [0.15, 0.2) is 0 Å². The summed E-state index contributed by atoms with van der Waals surface area (Å²) in [6.07, 6.45) is 3.02. The van der Waals surface area contributed by atoms with Gasteiger partial charge in [-0.25, -0.2) is 0 Å². The number of nitrogens with one attached hydrogen (secondary N) is 1. The lowest BCUT2D eigenvalue weighted by Gasteiger charge is -2.16. The third kappa shape index (κ3) is 6.17. The van der Waals surface area contributed by atoms with E-state index in [4.69, 9.17) is 10.6 Å². The van der Waals surface area contributed by atoms with E-state index in [0.29, 0.717) is 6.04 Å². The molecule has 0 spiro atoms. The zero-order chi connectivity index (χ0) is 12.5. The number of nitrogens with two attached hydrogens (primary N) is 1. The summed E-state index contributed by atoms with van der Waals surface area (Å²) < 4.78 is 6.43. The highest BCUT2D eigenvalue weighted by Crippen LogP contribution is 2.14. The molecule has 0 heterocycles. The highest BCUT2D eigenvalue weighted by atomic mass is 79.9. The van der Waals surface area contributed by atoms with Gasteiger partial charge in [-0.1, -0.05) is 28.1 Å². The van der Waals surface area contributed by atoms with Crippen LogP contribution in [-0.4, -0.2) is 19.3 Å². The Balaban J connectivity index is 2.35. The van der Waals surface area contributed by atoms with Crippen LogP contribution in [0, 0.1) is 0 Å². The molecule has 17 heavy (non-hydrogen) atoms. The van der Waals surface area contributed by atoms with Crippen LogP contribution in [0.3, 0.4) is 0 Å². The molecule has 0 aliphatic carbocycles. The molecule has 1 aromatic rings. The molecule has 0 fully saturated rings. The standard InChI is InChI=1S/C13H21BrN2O/c1-2-17-8-4-7-13(16-15)10-11-5-3-6-12(14)9-11/h3,5-6,9,13,16H,2,4,7-8,10,15H2,1H3. The molecule has 3 N–H and O–H groups in total. The minimum absolute atomic E-state index is 0.310. The molecule has 0 amide bonds. The smallest absolute Gasteiger partial charge is 0.0466 e. The molecule has 4 heteroatoms. The van der Waals surface area contributed by atoms with Gasteiger partial charge in [0, 0.05) is 23.7 Å². The summed E-state index contributed by atoms with van der Waals surface area (Å²) in [5, 5.41) is 0. The third-order valence-electron chi connectivity index (χ3n) is 2.65. The first-order valence-corrected chi connectivity index (χ1v) is 6.84. The number of ether oxygens (including phenoxy) is 1. The maximum Gasteiger partial charge on any atom is 0.0466 e. The van der Waals surface area contributed by atoms with Crippen molar-refractivity contribution >= 4 is 15.9 Å². The van der Waals surface area contributed by atoms with Crippen LogP contribution in [0.4, 0.5) is 0 Å². The van der Waals surface area contributed by atoms with E-state index < -0.39 is 0 Å². The fourth-order valence-corrected chi connectivity index (χ4v) is 2.22. The van der Waals surface area contributed by atoms with Gasteiger partial charge in [-0.15, -0.1) is 0 Å². The van der Waals surface area contributed by atoms with Gasteiger partial charge >= 0.3 is 0 Å². The van der Waals surface area contributed by atoms with Gasteiger partial charge in [0.1, 0.15) is 0 Å². The molecule has 3 nitrogen and oxygen atoms in total. The van der Waals surface area contributed by atoms with Crippen molar-refractivity contribution < 1.29 is 4.74 Å². The van der Waals surface area contributed by atoms with E-state index in [0.717, 1.165) is 36.9 Å². The van der Waals surface area contributed by atoms with Crippen LogP contribution in [0.25, 0.3) is 0 Å². The van der Waals surface area contributed by atoms with Crippen molar-refractivity contribution in [2.24, 2.45) is 5.84 Å². The molecule has 1 aromatic carbocycles. The predicted molar refractivity (Wildman–Crippen MR) is 74.7 cm³/mol. The zero-order valence-corrected chi connectivity index (χ0v) is 11.9. The fraction of sp³-hybridized carbons (Fsp3) is 0.538. The lowest BCUT2D eigenvalue weighted by molar-refractivity contribution is 0.140. The van der Waals surface area contributed by atoms with E-state index in [9.17, 15) is 0 Å². The molecule has 1 rings (SSSR count). The summed E-state index contributed by atoms with van der Waals surface area (Å²) in [5.74, 6) is 5.57. The van der Waals surface area contributed by atoms with Crippen molar-refractivity contribution in [1.29, 1.82) is 0 Å². The molecule has 1 atom stereocenters. The van der Waals surface area contributed by atoms with Crippen molar-refractivity contribution in [3.8, 4) is 0 Å². The average Bonchev–Trinajstić information content (AvgIpc) is 2.33. The summed E-state index contributed by atoms with van der Waals surface area (Å²) >= 11 is 3.48. The molecular weight excluding hydrogens is 280 g/mol. The van der Waals surface area contributed by atoms with Gasteiger partial charge in [0.25, 0.3) is 0 Å². The molecule has 0 radical (unpaired) electrons. The van der Waals surface area contributed by atoms with Gasteiger partial charge in [-0.05, 0) is 43.9 Å². The maximum atomic E-state index is 5.57. The third-order valence-corrected chi connectivity index (χ3v) is 3.15. The fourth-order valence-electron chi connectivity index (χ4n) is 1.77. The first kappa shape index (κ1) is 14.6. The Kier molecular flexibility index (Phi) is 7.44. The highest BCUT2D eigenvalue weighted by Gasteiger charge is 2.07. The van der Waals surface area contributed by atoms with Crippen LogP contribution in [0.1, 0.15) is 25.3 Å². The minimum atomic E-state index is 0.310. The summed E-state index contributed by atoms with van der Waals surface area (Å²) in [6, 6.07) is 8.64. The second kappa shape index (κ2) is 8.64. The Hall–Kier alpha value is -0.420. The largest absolute Gasteiger partial charge is 0.382 e. The molecule has 0 saturated carbocycles. The summed E-state index contributed by atoms with van der Waals surface area (Å²) in [7, 11) is 0. The van der Waals surface area contributed by atoms with E-state index in [1.165, 1.54) is 5.56 Å². The van der Waals surface area contributed by atoms with Crippen LogP contribution in [-0.2, 0) is 11.2 Å². The van der Waals surface area contributed by atoms with Crippen LogP contribution in [0.5, 0.6) is 0 Å². The lowest BCUT2D eigenvalue weighted by atomic mass is 10.0. The quantitative estimate of drug-likeness (QED) is 0.441. The van der Waals surface area contributed by atoms with Crippen LogP contribution in [0.2, 0.25) is 0 Å². The molecular formula is C13H21BrN2O. The van der Waals surface area contributed by atoms with Gasteiger partial charge in [0.2, 0.25) is 0 Å². The predicted octanol–water partition coefficient (Wildman–Crippen LogP) is 2.64. The Morgan fingerprint density at radius 2 is 2.29 bits per heavy atom. The second-order valence-electron chi connectivity index (χ2n) is 4.04. The monoisotopic (exact) mass is 300 g/mol. The molecule has 0 aliphatic heterocycles. The molecule has 0 aliphatic rings. The number of rotatable bonds is 8. The summed E-state index contributed by atoms with van der Waals surface area (Å²) in [5.41, 5.74) is 4.17. The number of halogens is 1. The highest BCUT2D eigenvalue weighted by molar-refractivity contribution is 9.10. The minimum Gasteiger partial charge on any atom is -0.382 e. The molecule has 0 saturated heterocycles. The van der Waals surface area contributed by atoms with Crippen molar-refractivity contribution in [2.75, 3.05) is 13.2 Å². The summed E-state index contributed by atoms with van der Waals surface area (Å²) in [6.45, 7) is 3.61. The summed E-state index contributed by atoms with van der Waals surface area (Å²) in [4.78, 5) is 0. The average molecular weight is 301 g/mol. The van der Waals surface area contributed by atoms with Crippen molar-refractivity contribution in [1.82, 2.24) is 5.43 Å². The first-order valence-electron chi connectivity index (χ1n) is 6.04. The van der Waals surface area contributed by atoms with Crippen molar-refractivity contribution in [2.45, 2.75) is 32.2 Å². The van der Waals surface area contributed by atoms with Gasteiger partial charge in [-0.2, -0.15) is 0 Å². The Morgan fingerprint density at radius 1 is 1.47 bits per heavy atom. The van der Waals surface area contributed by atoms with Crippen LogP contribution in [0.15, 0.2) is 28.7 Å². The van der Waals surface area contributed by atoms with E-state index >= 15 is 0 Å². The second-order valence-corrected chi connectivity index (χ2v) is 4.95. The molecule has 0 aromatic heterocycles. The molecule has 0 bridgehead atoms. The van der Waals surface area contributed by atoms with E-state index in [2.05, 4.69) is 33.5 Å². The van der Waals surface area contributed by atoms with Crippen LogP contribution >= 0.6 is 15.9 Å². The van der Waals surface area contributed by atoms with E-state index in [-0.39, 0.29) is 0 Å². The first-order chi connectivity index (χ1) is 8.26.